The topological polar surface area (TPSA) is 143 Å². The van der Waals surface area contributed by atoms with Crippen molar-refractivity contribution in [1.29, 1.82) is 0 Å². The van der Waals surface area contributed by atoms with E-state index in [1.807, 2.05) is 24.3 Å². The fourth-order valence-corrected chi connectivity index (χ4v) is 4.74. The Morgan fingerprint density at radius 2 is 1.23 bits per heavy atom. The number of carbonyl (C=O) groups excluding carboxylic acids is 3. The number of hydrogen-bond acceptors (Lipinski definition) is 8. The van der Waals surface area contributed by atoms with Gasteiger partial charge in [-0.15, -0.1) is 0 Å². The van der Waals surface area contributed by atoms with Crippen LogP contribution in [0, 0.1) is 0 Å². The average Bonchev–Trinajstić information content (AvgIpc) is 2.95. The number of amides is 2. The van der Waals surface area contributed by atoms with Gasteiger partial charge in [0, 0.05) is 0 Å². The maximum absolute atomic E-state index is 13.2. The van der Waals surface area contributed by atoms with Crippen LogP contribution >= 0.6 is 0 Å². The zero-order valence-corrected chi connectivity index (χ0v) is 21.4. The number of aliphatic hydroxyl groups excluding tert-OH is 1. The van der Waals surface area contributed by atoms with E-state index in [0.717, 1.165) is 20.9 Å². The van der Waals surface area contributed by atoms with Crippen molar-refractivity contribution in [2.45, 2.75) is 63.2 Å². The van der Waals surface area contributed by atoms with Gasteiger partial charge in [0.1, 0.15) is 31.4 Å². The van der Waals surface area contributed by atoms with Crippen molar-refractivity contribution in [2.24, 2.45) is 0 Å². The van der Waals surface area contributed by atoms with Crippen molar-refractivity contribution in [3.05, 3.63) is 71.8 Å². The molecule has 39 heavy (non-hydrogen) atoms. The highest BCUT2D eigenvalue weighted by Gasteiger charge is 2.42. The van der Waals surface area contributed by atoms with Gasteiger partial charge in [0.2, 0.25) is 0 Å². The largest absolute Gasteiger partial charge is 0.480 e. The monoisotopic (exact) mass is 540 g/mol. The fraction of sp³-hybridized carbons (Fsp3) is 0.429. The van der Waals surface area contributed by atoms with Gasteiger partial charge in [-0.1, -0.05) is 60.7 Å². The lowest BCUT2D eigenvalue weighted by atomic mass is 9.99. The minimum atomic E-state index is -1.18. The molecule has 2 aliphatic heterocycles. The molecule has 11 nitrogen and oxygen atoms in total. The standard InChI is InChI=1S/C28H32N2O9/c31-21-11-13-24(29(15-21)27(35)37-17-19-7-3-1-4-8-19)26(34)39-22-12-14-23(25(32)33)30(16-22)28(36)38-18-20-9-5-2-6-10-20/h1-10,21-24,31H,11-18H2,(H,32,33)/t21?,22-,23+,24?/m1/s1. The Bertz CT molecular complexity index is 1140. The maximum atomic E-state index is 13.2. The van der Waals surface area contributed by atoms with Crippen LogP contribution in [0.15, 0.2) is 60.7 Å². The number of aliphatic hydroxyl groups is 1. The Morgan fingerprint density at radius 3 is 1.77 bits per heavy atom. The molecule has 0 radical (unpaired) electrons. The van der Waals surface area contributed by atoms with Gasteiger partial charge in [-0.2, -0.15) is 0 Å². The third kappa shape index (κ3) is 7.47. The quantitative estimate of drug-likeness (QED) is 0.400. The third-order valence-corrected chi connectivity index (χ3v) is 6.81. The van der Waals surface area contributed by atoms with E-state index < -0.39 is 48.4 Å². The van der Waals surface area contributed by atoms with Crippen LogP contribution in [0.5, 0.6) is 0 Å². The van der Waals surface area contributed by atoms with E-state index in [9.17, 15) is 29.4 Å². The first-order valence-electron chi connectivity index (χ1n) is 12.9. The molecule has 4 rings (SSSR count). The molecule has 0 saturated carbocycles. The van der Waals surface area contributed by atoms with Crippen LogP contribution in [-0.4, -0.2) is 81.5 Å². The maximum Gasteiger partial charge on any atom is 0.410 e. The van der Waals surface area contributed by atoms with Crippen LogP contribution in [-0.2, 0) is 37.0 Å². The summed E-state index contributed by atoms with van der Waals surface area (Å²) in [5.74, 6) is -1.88. The Balaban J connectivity index is 1.37. The summed E-state index contributed by atoms with van der Waals surface area (Å²) in [5.41, 5.74) is 1.52. The molecule has 2 amide bonds. The van der Waals surface area contributed by atoms with Crippen LogP contribution in [0.1, 0.15) is 36.8 Å². The van der Waals surface area contributed by atoms with Crippen LogP contribution in [0.2, 0.25) is 0 Å². The molecule has 2 fully saturated rings. The number of ether oxygens (including phenoxy) is 3. The predicted octanol–water partition coefficient (Wildman–Crippen LogP) is 2.95. The Labute approximate surface area is 225 Å². The minimum Gasteiger partial charge on any atom is -0.480 e. The van der Waals surface area contributed by atoms with Crippen LogP contribution < -0.4 is 0 Å². The number of rotatable bonds is 7. The molecule has 0 aliphatic carbocycles. The number of hydrogen-bond donors (Lipinski definition) is 2. The summed E-state index contributed by atoms with van der Waals surface area (Å²) in [6, 6.07) is 15.9. The molecule has 208 valence electrons. The van der Waals surface area contributed by atoms with Crippen LogP contribution in [0.4, 0.5) is 9.59 Å². The molecule has 2 unspecified atom stereocenters. The number of piperidine rings is 2. The molecule has 11 heteroatoms. The number of likely N-dealkylation sites (tertiary alicyclic amines) is 2. The molecular formula is C28H32N2O9. The normalized spacial score (nSPS) is 23.0. The van der Waals surface area contributed by atoms with Crippen molar-refractivity contribution in [3.63, 3.8) is 0 Å². The number of β-amino-alcohol motifs (C(OH)–C–C–N with tert-alkyl or cyclic N) is 1. The highest BCUT2D eigenvalue weighted by molar-refractivity contribution is 5.82. The molecule has 2 saturated heterocycles. The lowest BCUT2D eigenvalue weighted by molar-refractivity contribution is -0.162. The first kappa shape index (κ1) is 27.9. The second-order valence-corrected chi connectivity index (χ2v) is 9.62. The molecule has 0 aromatic heterocycles. The molecule has 4 atom stereocenters. The van der Waals surface area contributed by atoms with Gasteiger partial charge in [-0.3, -0.25) is 9.80 Å². The van der Waals surface area contributed by atoms with E-state index in [4.69, 9.17) is 14.2 Å². The first-order valence-corrected chi connectivity index (χ1v) is 12.9. The summed E-state index contributed by atoms with van der Waals surface area (Å²) < 4.78 is 16.4. The van der Waals surface area contributed by atoms with E-state index in [1.54, 1.807) is 36.4 Å². The van der Waals surface area contributed by atoms with Crippen molar-refractivity contribution in [2.75, 3.05) is 13.1 Å². The zero-order chi connectivity index (χ0) is 27.8. The van der Waals surface area contributed by atoms with E-state index in [1.165, 1.54) is 0 Å². The van der Waals surface area contributed by atoms with Crippen molar-refractivity contribution >= 4 is 24.1 Å². The molecule has 2 aliphatic rings. The van der Waals surface area contributed by atoms with Crippen molar-refractivity contribution in [3.8, 4) is 0 Å². The highest BCUT2D eigenvalue weighted by atomic mass is 16.6. The van der Waals surface area contributed by atoms with Gasteiger partial charge in [0.15, 0.2) is 0 Å². The summed E-state index contributed by atoms with van der Waals surface area (Å²) >= 11 is 0. The predicted molar refractivity (Wildman–Crippen MR) is 136 cm³/mol. The Morgan fingerprint density at radius 1 is 0.718 bits per heavy atom. The molecule has 2 N–H and O–H groups in total. The van der Waals surface area contributed by atoms with Crippen molar-refractivity contribution in [1.82, 2.24) is 9.80 Å². The number of nitrogens with zero attached hydrogens (tertiary/aromatic N) is 2. The lowest BCUT2D eigenvalue weighted by Gasteiger charge is -2.39. The van der Waals surface area contributed by atoms with Gasteiger partial charge in [-0.25, -0.2) is 19.2 Å². The summed E-state index contributed by atoms with van der Waals surface area (Å²) in [5, 5.41) is 19.8. The summed E-state index contributed by atoms with van der Waals surface area (Å²) in [7, 11) is 0. The number of carboxylic acids is 1. The number of carboxylic acid groups (broad SMARTS) is 1. The van der Waals surface area contributed by atoms with Gasteiger partial charge in [-0.05, 0) is 36.8 Å². The van der Waals surface area contributed by atoms with Crippen LogP contribution in [0.3, 0.4) is 0 Å². The SMILES string of the molecule is O=C(O[C@@H]1CC[C@@H](C(=O)O)N(C(=O)OCc2ccccc2)C1)C1CCC(O)CN1C(=O)OCc1ccccc1. The number of aliphatic carboxylic acids is 1. The van der Waals surface area contributed by atoms with E-state index in [0.29, 0.717) is 6.42 Å². The number of benzene rings is 2. The van der Waals surface area contributed by atoms with Crippen molar-refractivity contribution < 1.29 is 43.6 Å². The Hall–Kier alpha value is -4.12. The summed E-state index contributed by atoms with van der Waals surface area (Å²) in [4.78, 5) is 52.8. The van der Waals surface area contributed by atoms with E-state index >= 15 is 0 Å². The number of carbonyl (C=O) groups is 4. The second-order valence-electron chi connectivity index (χ2n) is 9.62. The average molecular weight is 541 g/mol. The molecule has 0 bridgehead atoms. The smallest absolute Gasteiger partial charge is 0.410 e. The minimum absolute atomic E-state index is 0.00723. The van der Waals surface area contributed by atoms with E-state index in [2.05, 4.69) is 0 Å². The van der Waals surface area contributed by atoms with Gasteiger partial charge >= 0.3 is 24.1 Å². The third-order valence-electron chi connectivity index (χ3n) is 6.81. The summed E-state index contributed by atoms with van der Waals surface area (Å²) in [6.07, 6.45) is -2.40. The Kier molecular flexibility index (Phi) is 9.37. The van der Waals surface area contributed by atoms with Gasteiger partial charge in [0.05, 0.1) is 19.2 Å². The molecule has 2 aromatic carbocycles. The molecule has 2 aromatic rings. The lowest BCUT2D eigenvalue weighted by Crippen LogP contribution is -2.56. The van der Waals surface area contributed by atoms with E-state index in [-0.39, 0.29) is 45.6 Å². The van der Waals surface area contributed by atoms with Crippen LogP contribution in [0.25, 0.3) is 0 Å². The second kappa shape index (κ2) is 13.1. The molecular weight excluding hydrogens is 508 g/mol. The number of esters is 1. The molecule has 2 heterocycles. The molecule has 0 spiro atoms. The zero-order valence-electron chi connectivity index (χ0n) is 21.4. The first-order chi connectivity index (χ1) is 18.8. The van der Waals surface area contributed by atoms with Gasteiger partial charge in [0.25, 0.3) is 0 Å². The summed E-state index contributed by atoms with van der Waals surface area (Å²) in [6.45, 7) is -0.272. The van der Waals surface area contributed by atoms with Gasteiger partial charge < -0.3 is 24.4 Å². The highest BCUT2D eigenvalue weighted by Crippen LogP contribution is 2.25. The fourth-order valence-electron chi connectivity index (χ4n) is 4.74.